The summed E-state index contributed by atoms with van der Waals surface area (Å²) in [6, 6.07) is 5.27. The number of benzene rings is 1. The molecule has 0 aliphatic heterocycles. The summed E-state index contributed by atoms with van der Waals surface area (Å²) in [5.41, 5.74) is 0.731. The van der Waals surface area contributed by atoms with Crippen molar-refractivity contribution in [2.24, 2.45) is 5.92 Å². The van der Waals surface area contributed by atoms with Crippen LogP contribution in [0.5, 0.6) is 0 Å². The van der Waals surface area contributed by atoms with Crippen molar-refractivity contribution >= 4 is 27.3 Å². The van der Waals surface area contributed by atoms with Gasteiger partial charge in [-0.15, -0.1) is 0 Å². The Kier molecular flexibility index (Phi) is 3.14. The van der Waals surface area contributed by atoms with E-state index in [4.69, 9.17) is 0 Å². The van der Waals surface area contributed by atoms with E-state index >= 15 is 0 Å². The van der Waals surface area contributed by atoms with E-state index in [-0.39, 0.29) is 10.6 Å². The van der Waals surface area contributed by atoms with Crippen molar-refractivity contribution in [3.8, 4) is 0 Å². The summed E-state index contributed by atoms with van der Waals surface area (Å²) in [7, 11) is 0. The topological polar surface area (TPSA) is 55.2 Å². The van der Waals surface area contributed by atoms with Crippen molar-refractivity contribution in [3.05, 3.63) is 32.8 Å². The normalized spacial score (nSPS) is 16.9. The smallest absolute Gasteiger partial charge is 0.292 e. The van der Waals surface area contributed by atoms with E-state index in [1.807, 2.05) is 0 Å². The number of hydrogen-bond donors (Lipinski definition) is 1. The van der Waals surface area contributed by atoms with E-state index in [0.717, 1.165) is 4.47 Å². The molecule has 2 rings (SSSR count). The fourth-order valence-corrected chi connectivity index (χ4v) is 2.10. The van der Waals surface area contributed by atoms with Crippen LogP contribution >= 0.6 is 15.9 Å². The summed E-state index contributed by atoms with van der Waals surface area (Å²) in [6.07, 6.45) is 2.44. The Balaban J connectivity index is 2.22. The van der Waals surface area contributed by atoms with E-state index in [2.05, 4.69) is 28.2 Å². The molecule has 1 saturated carbocycles. The number of nitro benzene ring substituents is 1. The van der Waals surface area contributed by atoms with Gasteiger partial charge in [0, 0.05) is 16.6 Å². The first-order chi connectivity index (χ1) is 7.58. The summed E-state index contributed by atoms with van der Waals surface area (Å²) in [5, 5.41) is 14.1. The summed E-state index contributed by atoms with van der Waals surface area (Å²) in [5.74, 6) is 0.665. The highest BCUT2D eigenvalue weighted by molar-refractivity contribution is 9.10. The van der Waals surface area contributed by atoms with Gasteiger partial charge in [0.05, 0.1) is 4.92 Å². The van der Waals surface area contributed by atoms with Crippen LogP contribution in [0.3, 0.4) is 0 Å². The first-order valence-electron chi connectivity index (χ1n) is 5.28. The molecule has 0 radical (unpaired) electrons. The first-order valence-corrected chi connectivity index (χ1v) is 6.07. The Bertz CT molecular complexity index is 418. The summed E-state index contributed by atoms with van der Waals surface area (Å²) < 4.78 is 0.851. The van der Waals surface area contributed by atoms with Gasteiger partial charge >= 0.3 is 0 Å². The van der Waals surface area contributed by atoms with Gasteiger partial charge in [-0.2, -0.15) is 0 Å². The molecule has 1 aromatic carbocycles. The maximum absolute atomic E-state index is 10.9. The lowest BCUT2D eigenvalue weighted by molar-refractivity contribution is -0.384. The molecule has 1 aromatic rings. The quantitative estimate of drug-likeness (QED) is 0.679. The lowest BCUT2D eigenvalue weighted by atomic mass is 10.2. The van der Waals surface area contributed by atoms with Crippen LogP contribution in [0, 0.1) is 16.0 Å². The monoisotopic (exact) mass is 284 g/mol. The van der Waals surface area contributed by atoms with Crippen molar-refractivity contribution in [2.75, 3.05) is 5.32 Å². The zero-order valence-electron chi connectivity index (χ0n) is 8.94. The van der Waals surface area contributed by atoms with Gasteiger partial charge in [-0.25, -0.2) is 0 Å². The first kappa shape index (κ1) is 11.4. The molecule has 1 fully saturated rings. The second-order valence-electron chi connectivity index (χ2n) is 4.19. The standard InChI is InChI=1S/C11H13BrN2O2/c1-7(8-2-3-8)13-10-6-9(12)4-5-11(10)14(15)16/h4-8,13H,2-3H2,1H3. The minimum absolute atomic E-state index is 0.135. The largest absolute Gasteiger partial charge is 0.377 e. The Morgan fingerprint density at radius 2 is 2.25 bits per heavy atom. The zero-order chi connectivity index (χ0) is 11.7. The fourth-order valence-electron chi connectivity index (χ4n) is 1.74. The minimum Gasteiger partial charge on any atom is -0.377 e. The van der Waals surface area contributed by atoms with Crippen LogP contribution in [-0.2, 0) is 0 Å². The number of rotatable bonds is 4. The molecule has 1 unspecified atom stereocenters. The van der Waals surface area contributed by atoms with E-state index in [0.29, 0.717) is 17.6 Å². The molecule has 1 aliphatic carbocycles. The van der Waals surface area contributed by atoms with Gasteiger partial charge in [-0.1, -0.05) is 15.9 Å². The van der Waals surface area contributed by atoms with E-state index in [1.54, 1.807) is 12.1 Å². The van der Waals surface area contributed by atoms with Gasteiger partial charge in [-0.05, 0) is 37.8 Å². The van der Waals surface area contributed by atoms with Gasteiger partial charge in [0.2, 0.25) is 0 Å². The summed E-state index contributed by atoms with van der Waals surface area (Å²) in [6.45, 7) is 2.07. The second kappa shape index (κ2) is 4.41. The fraction of sp³-hybridized carbons (Fsp3) is 0.455. The van der Waals surface area contributed by atoms with Gasteiger partial charge in [0.25, 0.3) is 5.69 Å². The summed E-state index contributed by atoms with van der Waals surface area (Å²) in [4.78, 5) is 10.5. The molecule has 0 aromatic heterocycles. The van der Waals surface area contributed by atoms with Crippen molar-refractivity contribution in [3.63, 3.8) is 0 Å². The van der Waals surface area contributed by atoms with Gasteiger partial charge in [0.1, 0.15) is 5.69 Å². The number of anilines is 1. The lowest BCUT2D eigenvalue weighted by Gasteiger charge is -2.14. The number of nitro groups is 1. The zero-order valence-corrected chi connectivity index (χ0v) is 10.5. The molecule has 0 amide bonds. The highest BCUT2D eigenvalue weighted by Gasteiger charge is 2.29. The van der Waals surface area contributed by atoms with Crippen LogP contribution in [0.1, 0.15) is 19.8 Å². The molecule has 16 heavy (non-hydrogen) atoms. The van der Waals surface area contributed by atoms with Crippen LogP contribution < -0.4 is 5.32 Å². The number of nitrogens with one attached hydrogen (secondary N) is 1. The molecule has 5 heteroatoms. The SMILES string of the molecule is CC(Nc1cc(Br)ccc1[N+](=O)[O-])C1CC1. The number of halogens is 1. The molecular weight excluding hydrogens is 272 g/mol. The molecule has 0 bridgehead atoms. The Labute approximate surface area is 102 Å². The Morgan fingerprint density at radius 1 is 1.56 bits per heavy atom. The van der Waals surface area contributed by atoms with Crippen LogP contribution in [0.4, 0.5) is 11.4 Å². The average Bonchev–Trinajstić information content (AvgIpc) is 2.99. The third-order valence-corrected chi connectivity index (χ3v) is 3.36. The molecule has 1 atom stereocenters. The molecule has 4 nitrogen and oxygen atoms in total. The van der Waals surface area contributed by atoms with Crippen LogP contribution in [0.15, 0.2) is 22.7 Å². The van der Waals surface area contributed by atoms with E-state index in [1.165, 1.54) is 18.9 Å². The second-order valence-corrected chi connectivity index (χ2v) is 5.10. The number of nitrogens with zero attached hydrogens (tertiary/aromatic N) is 1. The van der Waals surface area contributed by atoms with Gasteiger partial charge in [-0.3, -0.25) is 10.1 Å². The molecule has 0 saturated heterocycles. The van der Waals surface area contributed by atoms with Crippen molar-refractivity contribution in [2.45, 2.75) is 25.8 Å². The Hall–Kier alpha value is -1.10. The average molecular weight is 285 g/mol. The molecular formula is C11H13BrN2O2. The predicted octanol–water partition coefficient (Wildman–Crippen LogP) is 3.57. The number of hydrogen-bond acceptors (Lipinski definition) is 3. The third kappa shape index (κ3) is 2.52. The van der Waals surface area contributed by atoms with Crippen molar-refractivity contribution in [1.82, 2.24) is 0 Å². The van der Waals surface area contributed by atoms with Gasteiger partial charge in [0.15, 0.2) is 0 Å². The predicted molar refractivity (Wildman–Crippen MR) is 66.6 cm³/mol. The molecule has 86 valence electrons. The third-order valence-electron chi connectivity index (χ3n) is 2.87. The molecule has 1 N–H and O–H groups in total. The van der Waals surface area contributed by atoms with E-state index < -0.39 is 0 Å². The minimum atomic E-state index is -0.353. The highest BCUT2D eigenvalue weighted by atomic mass is 79.9. The molecule has 1 aliphatic rings. The van der Waals surface area contributed by atoms with Crippen LogP contribution in [0.25, 0.3) is 0 Å². The maximum atomic E-state index is 10.9. The lowest BCUT2D eigenvalue weighted by Crippen LogP contribution is -2.18. The van der Waals surface area contributed by atoms with Crippen LogP contribution in [0.2, 0.25) is 0 Å². The van der Waals surface area contributed by atoms with Crippen LogP contribution in [-0.4, -0.2) is 11.0 Å². The molecule has 0 spiro atoms. The van der Waals surface area contributed by atoms with Gasteiger partial charge < -0.3 is 5.32 Å². The van der Waals surface area contributed by atoms with Crippen molar-refractivity contribution in [1.29, 1.82) is 0 Å². The maximum Gasteiger partial charge on any atom is 0.292 e. The van der Waals surface area contributed by atoms with Crippen molar-refractivity contribution < 1.29 is 4.92 Å². The van der Waals surface area contributed by atoms with E-state index in [9.17, 15) is 10.1 Å². The molecule has 0 heterocycles. The Morgan fingerprint density at radius 3 is 2.81 bits per heavy atom. The summed E-state index contributed by atoms with van der Waals surface area (Å²) >= 11 is 3.33. The highest BCUT2D eigenvalue weighted by Crippen LogP contribution is 2.36.